The van der Waals surface area contributed by atoms with Gasteiger partial charge in [0, 0.05) is 19.1 Å². The van der Waals surface area contributed by atoms with Gasteiger partial charge in [-0.3, -0.25) is 4.90 Å². The van der Waals surface area contributed by atoms with E-state index in [0.29, 0.717) is 0 Å². The Morgan fingerprint density at radius 3 is 1.38 bits per heavy atom. The van der Waals surface area contributed by atoms with Crippen LogP contribution in [0, 0.1) is 0 Å². The quantitative estimate of drug-likeness (QED) is 0.294. The van der Waals surface area contributed by atoms with E-state index in [4.69, 9.17) is 0 Å². The van der Waals surface area contributed by atoms with Gasteiger partial charge >= 0.3 is 18.9 Å². The third-order valence-corrected chi connectivity index (χ3v) is 9.54. The molecule has 37 heavy (non-hydrogen) atoms. The van der Waals surface area contributed by atoms with Crippen LogP contribution in [0.2, 0.25) is 19.6 Å². The van der Waals surface area contributed by atoms with Crippen LogP contribution in [0.1, 0.15) is 27.8 Å². The molecular formula is C33H38LiNOSi. The van der Waals surface area contributed by atoms with Gasteiger partial charge in [-0.05, 0) is 34.2 Å². The Labute approximate surface area is 236 Å². The van der Waals surface area contributed by atoms with Crippen molar-refractivity contribution < 1.29 is 24.0 Å². The fourth-order valence-electron chi connectivity index (χ4n) is 5.30. The van der Waals surface area contributed by atoms with Crippen molar-refractivity contribution >= 4 is 8.07 Å². The molecule has 4 rings (SSSR count). The van der Waals surface area contributed by atoms with Crippen LogP contribution in [0.15, 0.2) is 121 Å². The van der Waals surface area contributed by atoms with Crippen molar-refractivity contribution in [1.29, 1.82) is 0 Å². The monoisotopic (exact) mass is 499 g/mol. The Morgan fingerprint density at radius 1 is 0.595 bits per heavy atom. The zero-order chi connectivity index (χ0) is 25.4. The number of benzene rings is 4. The Morgan fingerprint density at radius 2 is 0.973 bits per heavy atom. The summed E-state index contributed by atoms with van der Waals surface area (Å²) < 4.78 is 0. The molecule has 0 aliphatic carbocycles. The normalized spacial score (nSPS) is 14.0. The molecule has 0 spiro atoms. The molecular weight excluding hydrogens is 461 g/mol. The number of rotatable bonds is 11. The van der Waals surface area contributed by atoms with E-state index in [1.165, 1.54) is 22.3 Å². The molecule has 0 saturated heterocycles. The fraction of sp³-hybridized carbons (Fsp3) is 0.273. The minimum atomic E-state index is -1.84. The summed E-state index contributed by atoms with van der Waals surface area (Å²) in [6.45, 7) is 8.52. The van der Waals surface area contributed by atoms with E-state index in [1.807, 2.05) is 12.1 Å². The van der Waals surface area contributed by atoms with Crippen LogP contribution < -0.4 is 24.0 Å². The zero-order valence-electron chi connectivity index (χ0n) is 22.8. The van der Waals surface area contributed by atoms with E-state index < -0.39 is 14.2 Å². The summed E-state index contributed by atoms with van der Waals surface area (Å²) >= 11 is 0. The summed E-state index contributed by atoms with van der Waals surface area (Å²) in [6.07, 6.45) is -0.00522. The van der Waals surface area contributed by atoms with Crippen molar-refractivity contribution in [2.75, 3.05) is 0 Å². The van der Waals surface area contributed by atoms with Gasteiger partial charge < -0.3 is 5.11 Å². The van der Waals surface area contributed by atoms with Gasteiger partial charge in [0.15, 0.2) is 0 Å². The summed E-state index contributed by atoms with van der Waals surface area (Å²) in [5.74, 6) is 0. The fourth-order valence-corrected chi connectivity index (χ4v) is 7.70. The SMILES string of the molecule is C[Si](C)(C)[C@@H](c1ccccc1)[C@@H]([O-])[C@H](Cc1ccccc1)N(Cc1ccccc1)Cc1ccccc1.[Li+]. The molecule has 0 amide bonds. The van der Waals surface area contributed by atoms with E-state index in [9.17, 15) is 5.11 Å². The van der Waals surface area contributed by atoms with Gasteiger partial charge in [0.2, 0.25) is 0 Å². The second-order valence-electron chi connectivity index (χ2n) is 10.9. The van der Waals surface area contributed by atoms with E-state index in [0.717, 1.165) is 19.5 Å². The van der Waals surface area contributed by atoms with E-state index >= 15 is 0 Å². The second kappa shape index (κ2) is 14.0. The Kier molecular flexibility index (Phi) is 11.0. The summed E-state index contributed by atoms with van der Waals surface area (Å²) in [4.78, 5) is 2.44. The van der Waals surface area contributed by atoms with Gasteiger partial charge in [0.05, 0.1) is 8.07 Å². The first-order valence-corrected chi connectivity index (χ1v) is 16.6. The van der Waals surface area contributed by atoms with Crippen LogP contribution in [0.4, 0.5) is 0 Å². The second-order valence-corrected chi connectivity index (χ2v) is 16.2. The zero-order valence-corrected chi connectivity index (χ0v) is 23.8. The van der Waals surface area contributed by atoms with E-state index in [2.05, 4.69) is 134 Å². The van der Waals surface area contributed by atoms with Crippen molar-refractivity contribution in [3.05, 3.63) is 144 Å². The van der Waals surface area contributed by atoms with Gasteiger partial charge in [0.25, 0.3) is 0 Å². The maximum absolute atomic E-state index is 14.8. The van der Waals surface area contributed by atoms with Crippen LogP contribution in [-0.2, 0) is 19.5 Å². The first kappa shape index (κ1) is 29.2. The molecule has 0 saturated carbocycles. The predicted octanol–water partition coefficient (Wildman–Crippen LogP) is 3.69. The minimum Gasteiger partial charge on any atom is -0.851 e. The summed E-state index contributed by atoms with van der Waals surface area (Å²) in [7, 11) is -1.84. The molecule has 4 heteroatoms. The van der Waals surface area contributed by atoms with Crippen LogP contribution >= 0.6 is 0 Å². The average Bonchev–Trinajstić information content (AvgIpc) is 2.89. The Balaban J connectivity index is 0.00000380. The first-order valence-electron chi connectivity index (χ1n) is 13.0. The van der Waals surface area contributed by atoms with E-state index in [-0.39, 0.29) is 30.4 Å². The van der Waals surface area contributed by atoms with Crippen LogP contribution in [0.3, 0.4) is 0 Å². The third-order valence-electron chi connectivity index (χ3n) is 7.01. The standard InChI is InChI=1S/C33H38NOSi.Li/c1-36(2,3)33(30-22-14-7-15-23-30)32(35)31(24-27-16-8-4-9-17-27)34(25-28-18-10-5-11-19-28)26-29-20-12-6-13-21-29;/h4-23,31-33H,24-26H2,1-3H3;/q-1;+1/t31-,32-,33-;/m0./s1. The molecule has 4 aromatic rings. The van der Waals surface area contributed by atoms with Crippen LogP contribution in [0.5, 0.6) is 0 Å². The van der Waals surface area contributed by atoms with Gasteiger partial charge in [-0.15, -0.1) is 6.10 Å². The van der Waals surface area contributed by atoms with Crippen LogP contribution in [-0.4, -0.2) is 25.1 Å². The molecule has 4 aromatic carbocycles. The molecule has 0 fully saturated rings. The first-order chi connectivity index (χ1) is 17.4. The summed E-state index contributed by atoms with van der Waals surface area (Å²) in [5.41, 5.74) is 4.90. The van der Waals surface area contributed by atoms with Gasteiger partial charge in [-0.1, -0.05) is 141 Å². The maximum atomic E-state index is 14.8. The Bertz CT molecular complexity index is 1130. The molecule has 2 nitrogen and oxygen atoms in total. The molecule has 0 unspecified atom stereocenters. The molecule has 0 aliphatic rings. The van der Waals surface area contributed by atoms with Crippen molar-refractivity contribution in [3.8, 4) is 0 Å². The van der Waals surface area contributed by atoms with Crippen molar-refractivity contribution in [2.24, 2.45) is 0 Å². The van der Waals surface area contributed by atoms with E-state index in [1.54, 1.807) is 0 Å². The van der Waals surface area contributed by atoms with Gasteiger partial charge in [-0.2, -0.15) is 0 Å². The molecule has 0 aliphatic heterocycles. The summed E-state index contributed by atoms with van der Waals surface area (Å²) in [6, 6.07) is 42.1. The molecule has 186 valence electrons. The molecule has 0 radical (unpaired) electrons. The predicted molar refractivity (Wildman–Crippen MR) is 152 cm³/mol. The number of hydrogen-bond acceptors (Lipinski definition) is 2. The smallest absolute Gasteiger partial charge is 0.851 e. The maximum Gasteiger partial charge on any atom is 1.00 e. The largest absolute Gasteiger partial charge is 1.00 e. The molecule has 0 bridgehead atoms. The Hall–Kier alpha value is -2.39. The number of hydrogen-bond donors (Lipinski definition) is 0. The third kappa shape index (κ3) is 8.30. The van der Waals surface area contributed by atoms with Crippen molar-refractivity contribution in [1.82, 2.24) is 4.90 Å². The molecule has 3 atom stereocenters. The van der Waals surface area contributed by atoms with Crippen molar-refractivity contribution in [2.45, 2.75) is 56.8 Å². The van der Waals surface area contributed by atoms with Gasteiger partial charge in [-0.25, -0.2) is 0 Å². The molecule has 0 heterocycles. The van der Waals surface area contributed by atoms with Crippen molar-refractivity contribution in [3.63, 3.8) is 0 Å². The minimum absolute atomic E-state index is 0. The molecule has 0 N–H and O–H groups in total. The summed E-state index contributed by atoms with van der Waals surface area (Å²) in [5, 5.41) is 14.8. The van der Waals surface area contributed by atoms with Gasteiger partial charge in [0.1, 0.15) is 0 Å². The molecule has 0 aromatic heterocycles. The topological polar surface area (TPSA) is 26.3 Å². The number of nitrogens with zero attached hydrogens (tertiary/aromatic N) is 1. The average molecular weight is 500 g/mol. The van der Waals surface area contributed by atoms with Crippen LogP contribution in [0.25, 0.3) is 0 Å².